The molecule has 1 heterocycles. The number of aryl methyl sites for hydroxylation is 3. The minimum Gasteiger partial charge on any atom is -0.326 e. The van der Waals surface area contributed by atoms with E-state index < -0.39 is 10.0 Å². The van der Waals surface area contributed by atoms with Crippen LogP contribution in [0.4, 0.5) is 11.6 Å². The zero-order chi connectivity index (χ0) is 23.3. The van der Waals surface area contributed by atoms with Crippen LogP contribution in [0.25, 0.3) is 0 Å². The molecule has 8 nitrogen and oxygen atoms in total. The maximum Gasteiger partial charge on any atom is 0.264 e. The van der Waals surface area contributed by atoms with Crippen molar-refractivity contribution in [2.24, 2.45) is 0 Å². The number of sulfonamides is 1. The molecule has 0 aliphatic heterocycles. The number of Topliss-reactive ketones (excluding diaryl/α,β-unsaturated/α-hetero) is 1. The quantitative estimate of drug-likeness (QED) is 0.502. The highest BCUT2D eigenvalue weighted by molar-refractivity contribution is 7.92. The van der Waals surface area contributed by atoms with Crippen LogP contribution in [0.2, 0.25) is 0 Å². The van der Waals surface area contributed by atoms with Crippen molar-refractivity contribution in [1.29, 1.82) is 0 Å². The lowest BCUT2D eigenvalue weighted by atomic mass is 10.0. The van der Waals surface area contributed by atoms with Crippen molar-refractivity contribution in [1.82, 2.24) is 9.97 Å². The highest BCUT2D eigenvalue weighted by Crippen LogP contribution is 2.17. The van der Waals surface area contributed by atoms with Crippen LogP contribution in [0.5, 0.6) is 0 Å². The van der Waals surface area contributed by atoms with Gasteiger partial charge in [0.25, 0.3) is 10.0 Å². The van der Waals surface area contributed by atoms with E-state index in [1.54, 1.807) is 32.0 Å². The molecule has 0 aliphatic rings. The van der Waals surface area contributed by atoms with Gasteiger partial charge in [-0.3, -0.25) is 9.59 Å². The summed E-state index contributed by atoms with van der Waals surface area (Å²) in [7, 11) is -3.88. The predicted octanol–water partition coefficient (Wildman–Crippen LogP) is 3.80. The lowest BCUT2D eigenvalue weighted by Crippen LogP contribution is -2.16. The van der Waals surface area contributed by atoms with Crippen molar-refractivity contribution in [2.75, 3.05) is 10.0 Å². The number of hydrogen-bond acceptors (Lipinski definition) is 6. The number of nitrogens with zero attached hydrogens (tertiary/aromatic N) is 2. The summed E-state index contributed by atoms with van der Waals surface area (Å²) in [5, 5.41) is 2.67. The third-order valence-electron chi connectivity index (χ3n) is 4.61. The number of carbonyl (C=O) groups excluding carboxylic acids is 2. The zero-order valence-electron chi connectivity index (χ0n) is 18.0. The summed E-state index contributed by atoms with van der Waals surface area (Å²) in [6.45, 7) is 5.43. The van der Waals surface area contributed by atoms with Crippen LogP contribution in [-0.2, 0) is 14.8 Å². The highest BCUT2D eigenvalue weighted by Gasteiger charge is 2.16. The maximum absolute atomic E-state index is 12.6. The topological polar surface area (TPSA) is 118 Å². The lowest BCUT2D eigenvalue weighted by molar-refractivity contribution is -0.116. The molecule has 166 valence electrons. The molecule has 3 aromatic rings. The molecule has 2 N–H and O–H groups in total. The molecule has 0 atom stereocenters. The van der Waals surface area contributed by atoms with Gasteiger partial charge in [-0.15, -0.1) is 0 Å². The summed E-state index contributed by atoms with van der Waals surface area (Å²) in [5.41, 5.74) is 3.35. The number of hydrogen-bond donors (Lipinski definition) is 2. The van der Waals surface area contributed by atoms with Gasteiger partial charge in [0.15, 0.2) is 5.78 Å². The first-order valence-corrected chi connectivity index (χ1v) is 11.5. The van der Waals surface area contributed by atoms with Crippen molar-refractivity contribution >= 4 is 33.3 Å². The molecule has 3 rings (SSSR count). The van der Waals surface area contributed by atoms with E-state index in [2.05, 4.69) is 20.0 Å². The monoisotopic (exact) mass is 452 g/mol. The minimum atomic E-state index is -3.88. The first-order chi connectivity index (χ1) is 15.1. The van der Waals surface area contributed by atoms with Crippen molar-refractivity contribution in [2.45, 2.75) is 38.5 Å². The summed E-state index contributed by atoms with van der Waals surface area (Å²) in [5.74, 6) is -0.442. The Bertz CT molecular complexity index is 1220. The second kappa shape index (κ2) is 9.69. The Balaban J connectivity index is 1.58. The molecule has 0 saturated heterocycles. The van der Waals surface area contributed by atoms with E-state index in [0.717, 1.165) is 5.56 Å². The SMILES string of the molecule is Cc1ccc(C(=O)CCC(=O)Nc2ccc(S(=O)(=O)Nc3nc(C)cc(C)n3)cc2)cc1. The number of anilines is 2. The Morgan fingerprint density at radius 2 is 1.44 bits per heavy atom. The molecule has 9 heteroatoms. The van der Waals surface area contributed by atoms with Gasteiger partial charge in [0, 0.05) is 35.5 Å². The van der Waals surface area contributed by atoms with Gasteiger partial charge in [0.05, 0.1) is 4.90 Å². The van der Waals surface area contributed by atoms with E-state index in [4.69, 9.17) is 0 Å². The van der Waals surface area contributed by atoms with Crippen LogP contribution in [0.15, 0.2) is 59.5 Å². The Kier molecular flexibility index (Phi) is 6.99. The molecule has 1 amide bonds. The van der Waals surface area contributed by atoms with E-state index in [0.29, 0.717) is 22.6 Å². The zero-order valence-corrected chi connectivity index (χ0v) is 18.9. The molecule has 0 fully saturated rings. The lowest BCUT2D eigenvalue weighted by Gasteiger charge is -2.09. The number of amides is 1. The number of nitrogens with one attached hydrogen (secondary N) is 2. The van der Waals surface area contributed by atoms with Crippen LogP contribution in [0.1, 0.15) is 40.2 Å². The van der Waals surface area contributed by atoms with E-state index >= 15 is 0 Å². The van der Waals surface area contributed by atoms with Crippen LogP contribution in [0.3, 0.4) is 0 Å². The van der Waals surface area contributed by atoms with E-state index in [9.17, 15) is 18.0 Å². The standard InChI is InChI=1S/C23H24N4O4S/c1-15-4-6-18(7-5-15)21(28)12-13-22(29)26-19-8-10-20(11-9-19)32(30,31)27-23-24-16(2)14-17(3)25-23/h4-11,14H,12-13H2,1-3H3,(H,26,29)(H,24,25,27). The smallest absolute Gasteiger partial charge is 0.264 e. The second-order valence-corrected chi connectivity index (χ2v) is 9.12. The molecule has 0 bridgehead atoms. The summed E-state index contributed by atoms with van der Waals surface area (Å²) in [6.07, 6.45) is 0.111. The van der Waals surface area contributed by atoms with Crippen molar-refractivity contribution < 1.29 is 18.0 Å². The number of carbonyl (C=O) groups is 2. The summed E-state index contributed by atoms with van der Waals surface area (Å²) in [6, 6.07) is 14.6. The molecule has 1 aromatic heterocycles. The fourth-order valence-electron chi connectivity index (χ4n) is 3.00. The molecule has 2 aromatic carbocycles. The van der Waals surface area contributed by atoms with Gasteiger partial charge in [-0.1, -0.05) is 29.8 Å². The van der Waals surface area contributed by atoms with Gasteiger partial charge in [0.2, 0.25) is 11.9 Å². The average Bonchev–Trinajstić information content (AvgIpc) is 2.72. The normalized spacial score (nSPS) is 11.1. The third-order valence-corrected chi connectivity index (χ3v) is 5.95. The number of benzene rings is 2. The molecule has 0 aliphatic carbocycles. The Labute approximate surface area is 187 Å². The van der Waals surface area contributed by atoms with Gasteiger partial charge < -0.3 is 5.32 Å². The van der Waals surface area contributed by atoms with E-state index in [-0.39, 0.29) is 35.4 Å². The third kappa shape index (κ3) is 6.21. The first-order valence-electron chi connectivity index (χ1n) is 9.97. The fraction of sp³-hybridized carbons (Fsp3) is 0.217. The number of ketones is 1. The van der Waals surface area contributed by atoms with Gasteiger partial charge in [-0.05, 0) is 51.1 Å². The molecule has 0 unspecified atom stereocenters. The summed E-state index contributed by atoms with van der Waals surface area (Å²) >= 11 is 0. The number of aromatic nitrogens is 2. The second-order valence-electron chi connectivity index (χ2n) is 7.44. The van der Waals surface area contributed by atoms with Crippen molar-refractivity contribution in [3.05, 3.63) is 77.1 Å². The molecule has 32 heavy (non-hydrogen) atoms. The highest BCUT2D eigenvalue weighted by atomic mass is 32.2. The molecule has 0 radical (unpaired) electrons. The minimum absolute atomic E-state index is 0.00174. The maximum atomic E-state index is 12.6. The molecule has 0 spiro atoms. The van der Waals surface area contributed by atoms with Crippen molar-refractivity contribution in [3.8, 4) is 0 Å². The average molecular weight is 453 g/mol. The van der Waals surface area contributed by atoms with Crippen molar-refractivity contribution in [3.63, 3.8) is 0 Å². The van der Waals surface area contributed by atoms with Gasteiger partial charge in [-0.2, -0.15) is 0 Å². The van der Waals surface area contributed by atoms with Gasteiger partial charge in [-0.25, -0.2) is 23.1 Å². The van der Waals surface area contributed by atoms with Crippen LogP contribution in [-0.4, -0.2) is 30.1 Å². The van der Waals surface area contributed by atoms with E-state index in [1.165, 1.54) is 24.3 Å². The molecule has 0 saturated carbocycles. The predicted molar refractivity (Wildman–Crippen MR) is 122 cm³/mol. The van der Waals surface area contributed by atoms with Crippen LogP contribution >= 0.6 is 0 Å². The molecular weight excluding hydrogens is 428 g/mol. The Morgan fingerprint density at radius 1 is 0.844 bits per heavy atom. The van der Waals surface area contributed by atoms with Gasteiger partial charge in [0.1, 0.15) is 0 Å². The Hall–Kier alpha value is -3.59. The summed E-state index contributed by atoms with van der Waals surface area (Å²) < 4.78 is 27.5. The first kappa shape index (κ1) is 23.1. The van der Waals surface area contributed by atoms with E-state index in [1.807, 2.05) is 19.1 Å². The van der Waals surface area contributed by atoms with Crippen LogP contribution < -0.4 is 10.0 Å². The Morgan fingerprint density at radius 3 is 2.03 bits per heavy atom. The largest absolute Gasteiger partial charge is 0.326 e. The van der Waals surface area contributed by atoms with Gasteiger partial charge >= 0.3 is 0 Å². The van der Waals surface area contributed by atoms with Crippen LogP contribution in [0, 0.1) is 20.8 Å². The fourth-order valence-corrected chi connectivity index (χ4v) is 3.95. The summed E-state index contributed by atoms with van der Waals surface area (Å²) in [4.78, 5) is 32.5. The number of rotatable bonds is 8. The molecular formula is C23H24N4O4S.